The first-order chi connectivity index (χ1) is 12.4. The molecule has 0 radical (unpaired) electrons. The quantitative estimate of drug-likeness (QED) is 0.739. The Kier molecular flexibility index (Phi) is 5.38. The van der Waals surface area contributed by atoms with Gasteiger partial charge in [-0.2, -0.15) is 5.10 Å². The highest BCUT2D eigenvalue weighted by atomic mass is 35.5. The molecule has 6 heteroatoms. The van der Waals surface area contributed by atoms with Crippen LogP contribution in [0.4, 0.5) is 0 Å². The standard InChI is InChI=1S/C20H21ClN4O/c1-13-11-15(3)25(24-13)12-14(2)23-20(26)17-8-6-16(7-9-17)19-18(21)5-4-10-22-19/h4-11,14H,12H2,1-3H3,(H,23,26)/t14-/m1/s1. The Labute approximate surface area is 158 Å². The van der Waals surface area contributed by atoms with Gasteiger partial charge < -0.3 is 5.32 Å². The normalized spacial score (nSPS) is 12.0. The van der Waals surface area contributed by atoms with Gasteiger partial charge in [0.1, 0.15) is 0 Å². The van der Waals surface area contributed by atoms with E-state index in [1.54, 1.807) is 30.5 Å². The molecule has 5 nitrogen and oxygen atoms in total. The third-order valence-electron chi connectivity index (χ3n) is 4.11. The highest BCUT2D eigenvalue weighted by Gasteiger charge is 2.13. The molecule has 0 aliphatic carbocycles. The number of aryl methyl sites for hydroxylation is 2. The number of nitrogens with one attached hydrogen (secondary N) is 1. The summed E-state index contributed by atoms with van der Waals surface area (Å²) in [5.41, 5.74) is 4.24. The molecule has 1 amide bonds. The Morgan fingerprint density at radius 3 is 2.58 bits per heavy atom. The van der Waals surface area contributed by atoms with Crippen molar-refractivity contribution in [2.75, 3.05) is 0 Å². The molecule has 0 saturated heterocycles. The summed E-state index contributed by atoms with van der Waals surface area (Å²) in [6.07, 6.45) is 1.70. The second-order valence-electron chi connectivity index (χ2n) is 6.39. The number of hydrogen-bond acceptors (Lipinski definition) is 3. The predicted molar refractivity (Wildman–Crippen MR) is 103 cm³/mol. The van der Waals surface area contributed by atoms with Gasteiger partial charge in [0.2, 0.25) is 0 Å². The molecule has 0 spiro atoms. The second kappa shape index (κ2) is 7.70. The smallest absolute Gasteiger partial charge is 0.251 e. The van der Waals surface area contributed by atoms with E-state index in [2.05, 4.69) is 15.4 Å². The van der Waals surface area contributed by atoms with Crippen molar-refractivity contribution in [2.45, 2.75) is 33.4 Å². The number of benzene rings is 1. The molecule has 0 unspecified atom stereocenters. The lowest BCUT2D eigenvalue weighted by atomic mass is 10.1. The van der Waals surface area contributed by atoms with Crippen LogP contribution < -0.4 is 5.32 Å². The number of pyridine rings is 1. The zero-order chi connectivity index (χ0) is 18.7. The lowest BCUT2D eigenvalue weighted by Crippen LogP contribution is -2.36. The largest absolute Gasteiger partial charge is 0.348 e. The molecule has 0 aliphatic heterocycles. The maximum atomic E-state index is 12.5. The van der Waals surface area contributed by atoms with E-state index in [9.17, 15) is 4.79 Å². The van der Waals surface area contributed by atoms with Crippen LogP contribution in [0.5, 0.6) is 0 Å². The van der Waals surface area contributed by atoms with Crippen molar-refractivity contribution in [2.24, 2.45) is 0 Å². The van der Waals surface area contributed by atoms with Crippen LogP contribution in [0.3, 0.4) is 0 Å². The van der Waals surface area contributed by atoms with Crippen molar-refractivity contribution in [3.8, 4) is 11.3 Å². The second-order valence-corrected chi connectivity index (χ2v) is 6.80. The molecule has 2 aromatic heterocycles. The summed E-state index contributed by atoms with van der Waals surface area (Å²) in [6.45, 7) is 6.57. The average Bonchev–Trinajstić information content (AvgIpc) is 2.92. The first-order valence-electron chi connectivity index (χ1n) is 8.47. The maximum absolute atomic E-state index is 12.5. The monoisotopic (exact) mass is 368 g/mol. The van der Waals surface area contributed by atoms with Crippen LogP contribution in [0.25, 0.3) is 11.3 Å². The van der Waals surface area contributed by atoms with Gasteiger partial charge in [0.15, 0.2) is 0 Å². The van der Waals surface area contributed by atoms with Crippen LogP contribution in [0.1, 0.15) is 28.7 Å². The fourth-order valence-corrected chi connectivity index (χ4v) is 3.08. The number of hydrogen-bond donors (Lipinski definition) is 1. The fourth-order valence-electron chi connectivity index (χ4n) is 2.85. The van der Waals surface area contributed by atoms with Crippen molar-refractivity contribution in [3.05, 3.63) is 70.6 Å². The average molecular weight is 369 g/mol. The van der Waals surface area contributed by atoms with Crippen LogP contribution in [0.15, 0.2) is 48.7 Å². The first-order valence-corrected chi connectivity index (χ1v) is 8.84. The lowest BCUT2D eigenvalue weighted by Gasteiger charge is -2.15. The van der Waals surface area contributed by atoms with Crippen molar-refractivity contribution < 1.29 is 4.79 Å². The predicted octanol–water partition coefficient (Wildman–Crippen LogP) is 4.03. The van der Waals surface area contributed by atoms with Crippen molar-refractivity contribution in [1.29, 1.82) is 0 Å². The Morgan fingerprint density at radius 1 is 1.23 bits per heavy atom. The minimum absolute atomic E-state index is 0.0367. The van der Waals surface area contributed by atoms with Crippen molar-refractivity contribution in [1.82, 2.24) is 20.1 Å². The molecule has 1 aromatic carbocycles. The molecule has 134 valence electrons. The molecule has 1 N–H and O–H groups in total. The van der Waals surface area contributed by atoms with Gasteiger partial charge in [-0.15, -0.1) is 0 Å². The number of nitrogens with zero attached hydrogens (tertiary/aromatic N) is 3. The Morgan fingerprint density at radius 2 is 1.96 bits per heavy atom. The molecular weight excluding hydrogens is 348 g/mol. The molecule has 0 saturated carbocycles. The van der Waals surface area contributed by atoms with Gasteiger partial charge in [0, 0.05) is 29.1 Å². The van der Waals surface area contributed by atoms with Crippen LogP contribution in [0, 0.1) is 13.8 Å². The molecular formula is C20H21ClN4O. The summed E-state index contributed by atoms with van der Waals surface area (Å²) >= 11 is 6.17. The molecule has 0 bridgehead atoms. The van der Waals surface area contributed by atoms with E-state index in [0.29, 0.717) is 22.8 Å². The maximum Gasteiger partial charge on any atom is 0.251 e. The molecule has 26 heavy (non-hydrogen) atoms. The van der Waals surface area contributed by atoms with Gasteiger partial charge in [0.25, 0.3) is 5.91 Å². The van der Waals surface area contributed by atoms with Crippen LogP contribution >= 0.6 is 11.6 Å². The lowest BCUT2D eigenvalue weighted by molar-refractivity contribution is 0.0936. The van der Waals surface area contributed by atoms with E-state index in [1.165, 1.54) is 0 Å². The summed E-state index contributed by atoms with van der Waals surface area (Å²) in [5.74, 6) is -0.113. The van der Waals surface area contributed by atoms with Gasteiger partial charge in [-0.05, 0) is 51.1 Å². The van der Waals surface area contributed by atoms with Crippen molar-refractivity contribution >= 4 is 17.5 Å². The number of halogens is 1. The molecule has 3 rings (SSSR count). The van der Waals surface area contributed by atoms with Gasteiger partial charge >= 0.3 is 0 Å². The third kappa shape index (κ3) is 4.11. The topological polar surface area (TPSA) is 59.8 Å². The van der Waals surface area contributed by atoms with E-state index in [0.717, 1.165) is 17.0 Å². The molecule has 2 heterocycles. The molecule has 1 atom stereocenters. The van der Waals surface area contributed by atoms with Gasteiger partial charge in [-0.25, -0.2) is 0 Å². The van der Waals surface area contributed by atoms with Crippen LogP contribution in [0.2, 0.25) is 5.02 Å². The van der Waals surface area contributed by atoms with E-state index in [4.69, 9.17) is 11.6 Å². The summed E-state index contributed by atoms with van der Waals surface area (Å²) in [4.78, 5) is 16.8. The zero-order valence-corrected chi connectivity index (χ0v) is 15.8. The Bertz CT molecular complexity index is 918. The molecule has 0 aliphatic rings. The van der Waals surface area contributed by atoms with Crippen molar-refractivity contribution in [3.63, 3.8) is 0 Å². The van der Waals surface area contributed by atoms with Crippen LogP contribution in [-0.4, -0.2) is 26.7 Å². The minimum Gasteiger partial charge on any atom is -0.348 e. The Balaban J connectivity index is 1.66. The number of carbonyl (C=O) groups excluding carboxylic acids is 1. The van der Waals surface area contributed by atoms with E-state index >= 15 is 0 Å². The Hall–Kier alpha value is -2.66. The van der Waals surface area contributed by atoms with E-state index in [-0.39, 0.29) is 11.9 Å². The van der Waals surface area contributed by atoms with E-state index < -0.39 is 0 Å². The zero-order valence-electron chi connectivity index (χ0n) is 15.0. The third-order valence-corrected chi connectivity index (χ3v) is 4.41. The number of amides is 1. The summed E-state index contributed by atoms with van der Waals surface area (Å²) in [7, 11) is 0. The highest BCUT2D eigenvalue weighted by molar-refractivity contribution is 6.33. The summed E-state index contributed by atoms with van der Waals surface area (Å²) in [5, 5.41) is 8.03. The highest BCUT2D eigenvalue weighted by Crippen LogP contribution is 2.25. The molecule has 3 aromatic rings. The van der Waals surface area contributed by atoms with Gasteiger partial charge in [0.05, 0.1) is 23.0 Å². The number of rotatable bonds is 5. The number of carbonyl (C=O) groups is 1. The van der Waals surface area contributed by atoms with Gasteiger partial charge in [-0.3, -0.25) is 14.5 Å². The van der Waals surface area contributed by atoms with Crippen LogP contribution in [-0.2, 0) is 6.54 Å². The van der Waals surface area contributed by atoms with Gasteiger partial charge in [-0.1, -0.05) is 23.7 Å². The summed E-state index contributed by atoms with van der Waals surface area (Å²) < 4.78 is 1.91. The summed E-state index contributed by atoms with van der Waals surface area (Å²) in [6, 6.07) is 12.9. The first kappa shape index (κ1) is 18.1. The number of aromatic nitrogens is 3. The SMILES string of the molecule is Cc1cc(C)n(C[C@@H](C)NC(=O)c2ccc(-c3ncccc3Cl)cc2)n1. The minimum atomic E-state index is -0.113. The van der Waals surface area contributed by atoms with E-state index in [1.807, 2.05) is 43.7 Å². The molecule has 0 fully saturated rings. The fraction of sp³-hybridized carbons (Fsp3) is 0.250.